The molecule has 1 aliphatic heterocycles. The van der Waals surface area contributed by atoms with Crippen LogP contribution in [0.2, 0.25) is 0 Å². The van der Waals surface area contributed by atoms with E-state index >= 15 is 0 Å². The Bertz CT molecular complexity index is 1300. The van der Waals surface area contributed by atoms with Gasteiger partial charge in [0, 0.05) is 31.0 Å². The molecule has 3 heterocycles. The Morgan fingerprint density at radius 3 is 2.50 bits per heavy atom. The van der Waals surface area contributed by atoms with Crippen LogP contribution in [0.5, 0.6) is 0 Å². The van der Waals surface area contributed by atoms with E-state index < -0.39 is 5.92 Å². The lowest BCUT2D eigenvalue weighted by Gasteiger charge is -2.32. The van der Waals surface area contributed by atoms with Gasteiger partial charge in [0.15, 0.2) is 0 Å². The number of rotatable bonds is 7. The molecule has 6 rings (SSSR count). The fraction of sp³-hybridized carbons (Fsp3) is 0.552. The molecule has 0 radical (unpaired) electrons. The summed E-state index contributed by atoms with van der Waals surface area (Å²) in [6.45, 7) is 5.38. The molecule has 1 N–H and O–H groups in total. The minimum Gasteiger partial charge on any atom is -0.330 e. The van der Waals surface area contributed by atoms with E-state index in [1.54, 1.807) is 21.8 Å². The summed E-state index contributed by atoms with van der Waals surface area (Å²) in [6, 6.07) is 10.1. The average Bonchev–Trinajstić information content (AvgIpc) is 3.44. The average molecular weight is 516 g/mol. The van der Waals surface area contributed by atoms with Crippen LogP contribution in [0.25, 0.3) is 0 Å². The Hall–Kier alpha value is -3.49. The van der Waals surface area contributed by atoms with E-state index in [4.69, 9.17) is 0 Å². The zero-order chi connectivity index (χ0) is 26.2. The number of nitrogens with zero attached hydrogens (tertiary/aromatic N) is 6. The number of fused-ring (bicyclic) bond motifs is 1. The summed E-state index contributed by atoms with van der Waals surface area (Å²) in [4.78, 5) is 29.1. The highest BCUT2D eigenvalue weighted by Gasteiger charge is 2.39. The Kier molecular flexibility index (Phi) is 6.76. The maximum atomic E-state index is 13.8. The highest BCUT2D eigenvalue weighted by molar-refractivity contribution is 5.98. The van der Waals surface area contributed by atoms with Gasteiger partial charge in [-0.1, -0.05) is 36.6 Å². The van der Waals surface area contributed by atoms with Crippen LogP contribution in [-0.2, 0) is 17.9 Å². The first-order valence-electron chi connectivity index (χ1n) is 14.1. The lowest BCUT2D eigenvalue weighted by Crippen LogP contribution is -2.43. The van der Waals surface area contributed by atoms with Crippen molar-refractivity contribution in [3.8, 4) is 0 Å². The first kappa shape index (κ1) is 24.8. The van der Waals surface area contributed by atoms with E-state index in [1.807, 2.05) is 30.7 Å². The van der Waals surface area contributed by atoms with Crippen LogP contribution in [0.4, 0.5) is 5.69 Å². The summed E-state index contributed by atoms with van der Waals surface area (Å²) in [6.07, 6.45) is 10.4. The lowest BCUT2D eigenvalue weighted by atomic mass is 9.84. The molecule has 2 fully saturated rings. The molecule has 2 aliphatic carbocycles. The van der Waals surface area contributed by atoms with Crippen molar-refractivity contribution in [1.29, 1.82) is 0 Å². The molecule has 38 heavy (non-hydrogen) atoms. The standard InChI is InChI=1S/C29H37N7O2/c1-19(2)36-26(14-15-30-36)29(38)34-17-24(27-25(18-34)32-33-35(27)16-20-8-9-20)28(37)31-23-12-10-22(11-13-23)21-6-4-3-5-7-21/h10-15,19-21,24H,3-9,16-18H2,1-2H3,(H,31,37). The fourth-order valence-electron chi connectivity index (χ4n) is 6.00. The minimum atomic E-state index is -0.551. The molecule has 0 saturated heterocycles. The molecule has 1 atom stereocenters. The second kappa shape index (κ2) is 10.3. The second-order valence-electron chi connectivity index (χ2n) is 11.5. The number of amides is 2. The van der Waals surface area contributed by atoms with Crippen molar-refractivity contribution < 1.29 is 9.59 Å². The molecular weight excluding hydrogens is 478 g/mol. The number of aromatic nitrogens is 5. The van der Waals surface area contributed by atoms with Gasteiger partial charge in [0.2, 0.25) is 5.91 Å². The van der Waals surface area contributed by atoms with Gasteiger partial charge in [-0.2, -0.15) is 5.10 Å². The maximum Gasteiger partial charge on any atom is 0.272 e. The third-order valence-corrected chi connectivity index (χ3v) is 8.29. The van der Waals surface area contributed by atoms with Crippen molar-refractivity contribution in [2.75, 3.05) is 11.9 Å². The zero-order valence-corrected chi connectivity index (χ0v) is 22.3. The number of carbonyl (C=O) groups excluding carboxylic acids is 2. The summed E-state index contributed by atoms with van der Waals surface area (Å²) in [7, 11) is 0. The summed E-state index contributed by atoms with van der Waals surface area (Å²) in [5.41, 5.74) is 4.20. The van der Waals surface area contributed by atoms with Gasteiger partial charge >= 0.3 is 0 Å². The van der Waals surface area contributed by atoms with Crippen LogP contribution >= 0.6 is 0 Å². The minimum absolute atomic E-state index is 0.0550. The maximum absolute atomic E-state index is 13.8. The molecule has 200 valence electrons. The van der Waals surface area contributed by atoms with Crippen LogP contribution in [0.3, 0.4) is 0 Å². The fourth-order valence-corrected chi connectivity index (χ4v) is 6.00. The van der Waals surface area contributed by atoms with Gasteiger partial charge < -0.3 is 10.2 Å². The van der Waals surface area contributed by atoms with Gasteiger partial charge in [-0.15, -0.1) is 5.10 Å². The van der Waals surface area contributed by atoms with Gasteiger partial charge in [-0.05, 0) is 75.1 Å². The summed E-state index contributed by atoms with van der Waals surface area (Å²) >= 11 is 0. The molecule has 0 spiro atoms. The van der Waals surface area contributed by atoms with Gasteiger partial charge in [-0.3, -0.25) is 14.3 Å². The SMILES string of the molecule is CC(C)n1nccc1C(=O)N1Cc2nnn(CC3CC3)c2C(C(=O)Nc2ccc(C3CCCCC3)cc2)C1. The lowest BCUT2D eigenvalue weighted by molar-refractivity contribution is -0.118. The molecule has 9 heteroatoms. The van der Waals surface area contributed by atoms with Crippen LogP contribution in [0.15, 0.2) is 36.5 Å². The molecular formula is C29H37N7O2. The van der Waals surface area contributed by atoms with Crippen LogP contribution in [0.1, 0.15) is 104 Å². The van der Waals surface area contributed by atoms with E-state index in [0.29, 0.717) is 29.8 Å². The number of hydrogen-bond donors (Lipinski definition) is 1. The molecule has 3 aliphatic rings. The molecule has 2 amide bonds. The quantitative estimate of drug-likeness (QED) is 0.483. The molecule has 3 aromatic rings. The Balaban J connectivity index is 1.24. The van der Waals surface area contributed by atoms with Gasteiger partial charge in [0.1, 0.15) is 11.4 Å². The van der Waals surface area contributed by atoms with Crippen molar-refractivity contribution >= 4 is 17.5 Å². The molecule has 2 saturated carbocycles. The van der Waals surface area contributed by atoms with Gasteiger partial charge in [0.05, 0.1) is 18.2 Å². The van der Waals surface area contributed by atoms with Crippen molar-refractivity contribution in [2.24, 2.45) is 5.92 Å². The first-order valence-corrected chi connectivity index (χ1v) is 14.1. The van der Waals surface area contributed by atoms with Crippen molar-refractivity contribution in [1.82, 2.24) is 29.7 Å². The Morgan fingerprint density at radius 2 is 1.79 bits per heavy atom. The smallest absolute Gasteiger partial charge is 0.272 e. The third-order valence-electron chi connectivity index (χ3n) is 8.29. The number of hydrogen-bond acceptors (Lipinski definition) is 5. The summed E-state index contributed by atoms with van der Waals surface area (Å²) < 4.78 is 3.63. The summed E-state index contributed by atoms with van der Waals surface area (Å²) in [5, 5.41) is 16.3. The van der Waals surface area contributed by atoms with E-state index in [9.17, 15) is 9.59 Å². The third kappa shape index (κ3) is 4.98. The largest absolute Gasteiger partial charge is 0.330 e. The monoisotopic (exact) mass is 515 g/mol. The zero-order valence-electron chi connectivity index (χ0n) is 22.3. The Morgan fingerprint density at radius 1 is 1.03 bits per heavy atom. The normalized spacial score (nSPS) is 20.0. The van der Waals surface area contributed by atoms with E-state index in [2.05, 4.69) is 32.9 Å². The summed E-state index contributed by atoms with van der Waals surface area (Å²) in [5.74, 6) is 0.386. The van der Waals surface area contributed by atoms with E-state index in [0.717, 1.165) is 17.9 Å². The first-order chi connectivity index (χ1) is 18.5. The molecule has 0 bridgehead atoms. The predicted octanol–water partition coefficient (Wildman–Crippen LogP) is 4.89. The van der Waals surface area contributed by atoms with Gasteiger partial charge in [-0.25, -0.2) is 4.68 Å². The molecule has 2 aromatic heterocycles. The topological polar surface area (TPSA) is 97.9 Å². The van der Waals surface area contributed by atoms with E-state index in [1.165, 1.54) is 50.5 Å². The van der Waals surface area contributed by atoms with Crippen LogP contribution < -0.4 is 5.32 Å². The van der Waals surface area contributed by atoms with Crippen LogP contribution in [-0.4, -0.2) is 48.0 Å². The molecule has 1 aromatic carbocycles. The number of benzene rings is 1. The van der Waals surface area contributed by atoms with Crippen molar-refractivity contribution in [2.45, 2.75) is 89.8 Å². The van der Waals surface area contributed by atoms with E-state index in [-0.39, 0.29) is 24.4 Å². The predicted molar refractivity (Wildman–Crippen MR) is 144 cm³/mol. The highest BCUT2D eigenvalue weighted by Crippen LogP contribution is 2.35. The number of anilines is 1. The highest BCUT2D eigenvalue weighted by atomic mass is 16.2. The molecule has 1 unspecified atom stereocenters. The number of nitrogens with one attached hydrogen (secondary N) is 1. The van der Waals surface area contributed by atoms with Gasteiger partial charge in [0.25, 0.3) is 5.91 Å². The second-order valence-corrected chi connectivity index (χ2v) is 11.5. The van der Waals surface area contributed by atoms with Crippen molar-refractivity contribution in [3.05, 3.63) is 59.2 Å². The Labute approximate surface area is 223 Å². The van der Waals surface area contributed by atoms with Crippen molar-refractivity contribution in [3.63, 3.8) is 0 Å². The molecule has 9 nitrogen and oxygen atoms in total. The van der Waals surface area contributed by atoms with Crippen LogP contribution in [0, 0.1) is 5.92 Å². The number of carbonyl (C=O) groups is 2.